The monoisotopic (exact) mass is 411 g/mol. The van der Waals surface area contributed by atoms with Crippen molar-refractivity contribution in [3.63, 3.8) is 0 Å². The number of Topliss-reactive ketones (excluding diaryl/α,β-unsaturated/α-hetero) is 2. The van der Waals surface area contributed by atoms with Crippen molar-refractivity contribution in [3.8, 4) is 0 Å². The van der Waals surface area contributed by atoms with Gasteiger partial charge in [-0.3, -0.25) is 19.2 Å². The molecule has 3 aromatic rings. The predicted molar refractivity (Wildman–Crippen MR) is 113 cm³/mol. The average Bonchev–Trinajstić information content (AvgIpc) is 2.83. The number of methoxy groups -OCH3 is 1. The molecule has 2 amide bonds. The number of hydrogen-bond donors (Lipinski definition) is 0. The zero-order chi connectivity index (χ0) is 22.0. The molecule has 6 nitrogen and oxygen atoms in total. The molecule has 0 heterocycles. The van der Waals surface area contributed by atoms with Gasteiger partial charge in [-0.15, -0.1) is 0 Å². The second-order valence-electron chi connectivity index (χ2n) is 6.76. The number of hydrogen-bond acceptors (Lipinski definition) is 5. The van der Waals surface area contributed by atoms with E-state index in [2.05, 4.69) is 0 Å². The van der Waals surface area contributed by atoms with E-state index in [1.165, 1.54) is 43.5 Å². The summed E-state index contributed by atoms with van der Waals surface area (Å²) in [6.45, 7) is 0. The first-order valence-corrected chi connectivity index (χ1v) is 9.50. The van der Waals surface area contributed by atoms with Gasteiger partial charge in [0.25, 0.3) is 11.8 Å². The molecule has 0 atom stereocenters. The normalized spacial score (nSPS) is 12.9. The number of rotatable bonds is 4. The van der Waals surface area contributed by atoms with E-state index in [1.807, 2.05) is 0 Å². The molecule has 0 radical (unpaired) electrons. The van der Waals surface area contributed by atoms with Crippen molar-refractivity contribution in [3.05, 3.63) is 119 Å². The highest BCUT2D eigenvalue weighted by molar-refractivity contribution is 6.29. The van der Waals surface area contributed by atoms with Crippen LogP contribution in [-0.4, -0.2) is 35.4 Å². The zero-order valence-electron chi connectivity index (χ0n) is 16.6. The number of imide groups is 1. The highest BCUT2D eigenvalue weighted by Crippen LogP contribution is 2.31. The fourth-order valence-electron chi connectivity index (χ4n) is 3.45. The predicted octanol–water partition coefficient (Wildman–Crippen LogP) is 3.91. The van der Waals surface area contributed by atoms with Gasteiger partial charge in [-0.25, -0.2) is 4.90 Å². The van der Waals surface area contributed by atoms with Crippen molar-refractivity contribution < 1.29 is 23.9 Å². The Morgan fingerprint density at radius 1 is 0.645 bits per heavy atom. The Labute approximate surface area is 178 Å². The Morgan fingerprint density at radius 3 is 1.52 bits per heavy atom. The SMILES string of the molecule is COC1=C(N(C(=O)c2ccccc2)C(=O)c2ccccc2)C(=O)c2ccccc2C1=O. The van der Waals surface area contributed by atoms with Crippen LogP contribution in [0.15, 0.2) is 96.4 Å². The Morgan fingerprint density at radius 2 is 1.06 bits per heavy atom. The number of allylic oxidation sites excluding steroid dienone is 2. The van der Waals surface area contributed by atoms with Crippen LogP contribution in [0.5, 0.6) is 0 Å². The number of nitrogens with zero attached hydrogens (tertiary/aromatic N) is 1. The molecule has 0 fully saturated rings. The van der Waals surface area contributed by atoms with E-state index in [-0.39, 0.29) is 28.0 Å². The van der Waals surface area contributed by atoms with E-state index in [0.29, 0.717) is 0 Å². The first-order chi connectivity index (χ1) is 15.0. The molecular weight excluding hydrogens is 394 g/mol. The van der Waals surface area contributed by atoms with E-state index < -0.39 is 29.1 Å². The topological polar surface area (TPSA) is 80.8 Å². The van der Waals surface area contributed by atoms with Gasteiger partial charge in [0.2, 0.25) is 11.6 Å². The lowest BCUT2D eigenvalue weighted by atomic mass is 9.90. The Hall–Kier alpha value is -4.32. The maximum Gasteiger partial charge on any atom is 0.265 e. The molecule has 4 rings (SSSR count). The number of ether oxygens (including phenoxy) is 1. The van der Waals surface area contributed by atoms with Gasteiger partial charge < -0.3 is 4.74 Å². The summed E-state index contributed by atoms with van der Waals surface area (Å²) >= 11 is 0. The van der Waals surface area contributed by atoms with Gasteiger partial charge in [0.1, 0.15) is 5.70 Å². The lowest BCUT2D eigenvalue weighted by molar-refractivity contribution is 0.0624. The molecule has 3 aromatic carbocycles. The fraction of sp³-hybridized carbons (Fsp3) is 0.0400. The number of ketones is 2. The van der Waals surface area contributed by atoms with Gasteiger partial charge >= 0.3 is 0 Å². The van der Waals surface area contributed by atoms with E-state index in [0.717, 1.165) is 4.90 Å². The van der Waals surface area contributed by atoms with Crippen LogP contribution in [0.1, 0.15) is 41.4 Å². The zero-order valence-corrected chi connectivity index (χ0v) is 16.6. The summed E-state index contributed by atoms with van der Waals surface area (Å²) in [6, 6.07) is 22.4. The van der Waals surface area contributed by atoms with Gasteiger partial charge in [0, 0.05) is 22.3 Å². The summed E-state index contributed by atoms with van der Waals surface area (Å²) in [7, 11) is 1.23. The van der Waals surface area contributed by atoms with E-state index in [4.69, 9.17) is 4.74 Å². The third-order valence-electron chi connectivity index (χ3n) is 4.93. The van der Waals surface area contributed by atoms with Gasteiger partial charge in [-0.05, 0) is 24.3 Å². The maximum absolute atomic E-state index is 13.4. The molecule has 0 N–H and O–H groups in total. The molecule has 0 aliphatic heterocycles. The maximum atomic E-state index is 13.4. The first-order valence-electron chi connectivity index (χ1n) is 9.50. The second-order valence-corrected chi connectivity index (χ2v) is 6.76. The quantitative estimate of drug-likeness (QED) is 0.608. The van der Waals surface area contributed by atoms with Gasteiger partial charge in [-0.1, -0.05) is 60.7 Å². The van der Waals surface area contributed by atoms with E-state index in [9.17, 15) is 19.2 Å². The summed E-state index contributed by atoms with van der Waals surface area (Å²) in [5.41, 5.74) is 0.249. The number of amides is 2. The van der Waals surface area contributed by atoms with Crippen LogP contribution in [0.25, 0.3) is 0 Å². The average molecular weight is 411 g/mol. The molecule has 1 aliphatic rings. The minimum Gasteiger partial charge on any atom is -0.491 e. The summed E-state index contributed by atoms with van der Waals surface area (Å²) in [5, 5.41) is 0. The minimum absolute atomic E-state index is 0.107. The van der Waals surface area contributed by atoms with Crippen molar-refractivity contribution in [1.29, 1.82) is 0 Å². The number of benzene rings is 3. The third-order valence-corrected chi connectivity index (χ3v) is 4.93. The standard InChI is InChI=1S/C25H17NO5/c1-31-23-20(21(27)18-14-8-9-15-19(18)22(23)28)26(24(29)16-10-4-2-5-11-16)25(30)17-12-6-3-7-13-17/h2-15H,1H3. The molecule has 6 heteroatoms. The second kappa shape index (κ2) is 8.20. The third kappa shape index (κ3) is 3.44. The van der Waals surface area contributed by atoms with Gasteiger partial charge in [-0.2, -0.15) is 0 Å². The molecule has 0 spiro atoms. The molecule has 0 unspecified atom stereocenters. The lowest BCUT2D eigenvalue weighted by Crippen LogP contribution is -2.42. The van der Waals surface area contributed by atoms with Crippen molar-refractivity contribution in [2.45, 2.75) is 0 Å². The van der Waals surface area contributed by atoms with Crippen molar-refractivity contribution in [2.75, 3.05) is 7.11 Å². The smallest absolute Gasteiger partial charge is 0.265 e. The highest BCUT2D eigenvalue weighted by atomic mass is 16.5. The van der Waals surface area contributed by atoms with Crippen molar-refractivity contribution in [2.24, 2.45) is 0 Å². The van der Waals surface area contributed by atoms with Crippen LogP contribution >= 0.6 is 0 Å². The molecular formula is C25H17NO5. The number of fused-ring (bicyclic) bond motifs is 1. The summed E-state index contributed by atoms with van der Waals surface area (Å²) in [4.78, 5) is 54.1. The molecule has 0 saturated carbocycles. The molecule has 1 aliphatic carbocycles. The summed E-state index contributed by atoms with van der Waals surface area (Å²) < 4.78 is 5.26. The van der Waals surface area contributed by atoms with Gasteiger partial charge in [0.15, 0.2) is 5.76 Å². The lowest BCUT2D eigenvalue weighted by Gasteiger charge is -2.28. The summed E-state index contributed by atoms with van der Waals surface area (Å²) in [5.74, 6) is -3.03. The fourth-order valence-corrected chi connectivity index (χ4v) is 3.45. The molecule has 152 valence electrons. The number of carbonyl (C=O) groups excluding carboxylic acids is 4. The molecule has 0 aromatic heterocycles. The Balaban J connectivity index is 1.94. The van der Waals surface area contributed by atoms with Crippen LogP contribution in [0.4, 0.5) is 0 Å². The molecule has 31 heavy (non-hydrogen) atoms. The van der Waals surface area contributed by atoms with E-state index >= 15 is 0 Å². The largest absolute Gasteiger partial charge is 0.491 e. The number of carbonyl (C=O) groups is 4. The van der Waals surface area contributed by atoms with Gasteiger partial charge in [0.05, 0.1) is 7.11 Å². The summed E-state index contributed by atoms with van der Waals surface area (Å²) in [6.07, 6.45) is 0. The Kier molecular flexibility index (Phi) is 5.28. The molecule has 0 bridgehead atoms. The minimum atomic E-state index is -0.737. The van der Waals surface area contributed by atoms with Crippen LogP contribution in [-0.2, 0) is 4.74 Å². The van der Waals surface area contributed by atoms with Crippen LogP contribution in [0, 0.1) is 0 Å². The van der Waals surface area contributed by atoms with Crippen LogP contribution in [0.2, 0.25) is 0 Å². The first kappa shape index (κ1) is 20.0. The van der Waals surface area contributed by atoms with Crippen LogP contribution in [0.3, 0.4) is 0 Å². The Bertz CT molecular complexity index is 1180. The van der Waals surface area contributed by atoms with E-state index in [1.54, 1.807) is 48.5 Å². The molecule has 0 saturated heterocycles. The van der Waals surface area contributed by atoms with Crippen molar-refractivity contribution in [1.82, 2.24) is 4.90 Å². The van der Waals surface area contributed by atoms with Crippen LogP contribution < -0.4 is 0 Å². The highest BCUT2D eigenvalue weighted by Gasteiger charge is 2.41. The van der Waals surface area contributed by atoms with Crippen molar-refractivity contribution >= 4 is 23.4 Å².